The SMILES string of the molecule is CCCCn1nc(C)c(/C=C/C(=O)O[C@@H](C)C(=O)NCc2ccc(F)cc2)c1Cl. The first-order valence-corrected chi connectivity index (χ1v) is 9.83. The number of carbonyl (C=O) groups excluding carboxylic acids is 2. The third-order valence-corrected chi connectivity index (χ3v) is 4.66. The summed E-state index contributed by atoms with van der Waals surface area (Å²) in [4.78, 5) is 24.1. The minimum atomic E-state index is -0.976. The fourth-order valence-corrected chi connectivity index (χ4v) is 2.89. The average Bonchev–Trinajstić information content (AvgIpc) is 2.96. The fraction of sp³-hybridized carbons (Fsp3) is 0.381. The van der Waals surface area contributed by atoms with Crippen LogP contribution in [-0.2, 0) is 27.4 Å². The molecule has 0 unspecified atom stereocenters. The molecule has 0 aliphatic carbocycles. The first-order chi connectivity index (χ1) is 13.8. The van der Waals surface area contributed by atoms with Crippen LogP contribution in [0.3, 0.4) is 0 Å². The lowest BCUT2D eigenvalue weighted by Gasteiger charge is -2.12. The zero-order valence-electron chi connectivity index (χ0n) is 16.7. The van der Waals surface area contributed by atoms with Crippen molar-refractivity contribution >= 4 is 29.6 Å². The van der Waals surface area contributed by atoms with Crippen molar-refractivity contribution in [2.45, 2.75) is 52.8 Å². The number of hydrogen-bond donors (Lipinski definition) is 1. The maximum atomic E-state index is 12.9. The number of benzene rings is 1. The summed E-state index contributed by atoms with van der Waals surface area (Å²) < 4.78 is 19.7. The highest BCUT2D eigenvalue weighted by Gasteiger charge is 2.17. The molecule has 2 aromatic rings. The molecule has 1 aromatic carbocycles. The number of aromatic nitrogens is 2. The minimum absolute atomic E-state index is 0.211. The average molecular weight is 422 g/mol. The van der Waals surface area contributed by atoms with Crippen LogP contribution >= 0.6 is 11.6 Å². The third kappa shape index (κ3) is 6.71. The molecular weight excluding hydrogens is 397 g/mol. The molecule has 2 rings (SSSR count). The van der Waals surface area contributed by atoms with E-state index in [2.05, 4.69) is 17.3 Å². The third-order valence-electron chi connectivity index (χ3n) is 4.26. The van der Waals surface area contributed by atoms with Gasteiger partial charge < -0.3 is 10.1 Å². The Morgan fingerprint density at radius 2 is 2.03 bits per heavy atom. The van der Waals surface area contributed by atoms with E-state index < -0.39 is 18.0 Å². The van der Waals surface area contributed by atoms with Gasteiger partial charge in [-0.25, -0.2) is 9.18 Å². The Kier molecular flexibility index (Phi) is 8.39. The Hall–Kier alpha value is -2.67. The Balaban J connectivity index is 1.88. The lowest BCUT2D eigenvalue weighted by atomic mass is 10.2. The van der Waals surface area contributed by atoms with Crippen LogP contribution < -0.4 is 5.32 Å². The standard InChI is InChI=1S/C21H25ClFN3O3/c1-4-5-12-26-20(22)18(14(2)25-26)10-11-19(27)29-15(3)21(28)24-13-16-6-8-17(23)9-7-16/h6-11,15H,4-5,12-13H2,1-3H3,(H,24,28)/b11-10+/t15-/m0/s1. The zero-order chi connectivity index (χ0) is 21.4. The van der Waals surface area contributed by atoms with Gasteiger partial charge in [-0.05, 0) is 44.0 Å². The van der Waals surface area contributed by atoms with Gasteiger partial charge in [-0.1, -0.05) is 37.1 Å². The van der Waals surface area contributed by atoms with Crippen molar-refractivity contribution in [1.82, 2.24) is 15.1 Å². The highest BCUT2D eigenvalue weighted by molar-refractivity contribution is 6.31. The van der Waals surface area contributed by atoms with Gasteiger partial charge in [0, 0.05) is 24.7 Å². The van der Waals surface area contributed by atoms with Gasteiger partial charge in [-0.2, -0.15) is 5.10 Å². The van der Waals surface area contributed by atoms with E-state index in [1.54, 1.807) is 22.9 Å². The highest BCUT2D eigenvalue weighted by atomic mass is 35.5. The van der Waals surface area contributed by atoms with Crippen LogP contribution in [0.15, 0.2) is 30.3 Å². The van der Waals surface area contributed by atoms with E-state index in [9.17, 15) is 14.0 Å². The predicted octanol–water partition coefficient (Wildman–Crippen LogP) is 4.05. The summed E-state index contributed by atoms with van der Waals surface area (Å²) in [5.74, 6) is -1.45. The van der Waals surface area contributed by atoms with Crippen molar-refractivity contribution in [3.05, 3.63) is 58.1 Å². The number of esters is 1. The second-order valence-electron chi connectivity index (χ2n) is 6.62. The number of halogens is 2. The van der Waals surface area contributed by atoms with Gasteiger partial charge >= 0.3 is 5.97 Å². The maximum absolute atomic E-state index is 12.9. The van der Waals surface area contributed by atoms with Crippen molar-refractivity contribution < 1.29 is 18.7 Å². The van der Waals surface area contributed by atoms with Crippen LogP contribution in [0.5, 0.6) is 0 Å². The minimum Gasteiger partial charge on any atom is -0.449 e. The molecule has 0 radical (unpaired) electrons. The van der Waals surface area contributed by atoms with Gasteiger partial charge in [0.25, 0.3) is 5.91 Å². The number of rotatable bonds is 9. The van der Waals surface area contributed by atoms with Crippen LogP contribution in [0.1, 0.15) is 43.5 Å². The van der Waals surface area contributed by atoms with Crippen molar-refractivity contribution in [2.24, 2.45) is 0 Å². The van der Waals surface area contributed by atoms with Gasteiger partial charge in [0.05, 0.1) is 5.69 Å². The van der Waals surface area contributed by atoms with E-state index in [0.717, 1.165) is 18.4 Å². The van der Waals surface area contributed by atoms with Crippen molar-refractivity contribution in [3.63, 3.8) is 0 Å². The molecule has 156 valence electrons. The first kappa shape index (κ1) is 22.6. The quantitative estimate of drug-likeness (QED) is 0.489. The smallest absolute Gasteiger partial charge is 0.331 e. The number of carbonyl (C=O) groups is 2. The van der Waals surface area contributed by atoms with Gasteiger partial charge in [-0.3, -0.25) is 9.48 Å². The molecule has 1 N–H and O–H groups in total. The number of hydrogen-bond acceptors (Lipinski definition) is 4. The molecule has 29 heavy (non-hydrogen) atoms. The maximum Gasteiger partial charge on any atom is 0.331 e. The van der Waals surface area contributed by atoms with E-state index >= 15 is 0 Å². The molecular formula is C21H25ClFN3O3. The molecule has 6 nitrogen and oxygen atoms in total. The molecule has 0 spiro atoms. The molecule has 0 aliphatic rings. The Morgan fingerprint density at radius 3 is 2.69 bits per heavy atom. The number of nitrogens with one attached hydrogen (secondary N) is 1. The fourth-order valence-electron chi connectivity index (χ4n) is 2.57. The monoisotopic (exact) mass is 421 g/mol. The molecule has 0 aliphatic heterocycles. The first-order valence-electron chi connectivity index (χ1n) is 9.45. The molecule has 1 heterocycles. The number of ether oxygens (including phenoxy) is 1. The molecule has 1 atom stereocenters. The van der Waals surface area contributed by atoms with E-state index in [0.29, 0.717) is 23.0 Å². The van der Waals surface area contributed by atoms with Gasteiger partial charge in [0.1, 0.15) is 11.0 Å². The number of unbranched alkanes of at least 4 members (excludes halogenated alkanes) is 1. The Morgan fingerprint density at radius 1 is 1.34 bits per heavy atom. The summed E-state index contributed by atoms with van der Waals surface area (Å²) in [6, 6.07) is 5.77. The van der Waals surface area contributed by atoms with Crippen LogP contribution in [0.25, 0.3) is 6.08 Å². The molecule has 1 amide bonds. The summed E-state index contributed by atoms with van der Waals surface area (Å²) in [6.07, 6.45) is 3.77. The lowest BCUT2D eigenvalue weighted by Crippen LogP contribution is -2.35. The summed E-state index contributed by atoms with van der Waals surface area (Å²) in [6.45, 7) is 6.29. The molecule has 0 bridgehead atoms. The number of aryl methyl sites for hydroxylation is 2. The van der Waals surface area contributed by atoms with Gasteiger partial charge in [-0.15, -0.1) is 0 Å². The summed E-state index contributed by atoms with van der Waals surface area (Å²) in [7, 11) is 0. The predicted molar refractivity (Wildman–Crippen MR) is 110 cm³/mol. The molecule has 1 aromatic heterocycles. The normalized spacial score (nSPS) is 12.2. The van der Waals surface area contributed by atoms with Crippen molar-refractivity contribution in [2.75, 3.05) is 0 Å². The van der Waals surface area contributed by atoms with Crippen LogP contribution in [0.2, 0.25) is 5.15 Å². The van der Waals surface area contributed by atoms with Gasteiger partial charge in [0.2, 0.25) is 0 Å². The molecule has 0 saturated heterocycles. The summed E-state index contributed by atoms with van der Waals surface area (Å²) in [5.41, 5.74) is 2.09. The van der Waals surface area contributed by atoms with Gasteiger partial charge in [0.15, 0.2) is 6.10 Å². The van der Waals surface area contributed by atoms with Crippen molar-refractivity contribution in [1.29, 1.82) is 0 Å². The Labute approximate surface area is 174 Å². The largest absolute Gasteiger partial charge is 0.449 e. The molecule has 0 saturated carbocycles. The van der Waals surface area contributed by atoms with Crippen LogP contribution in [0.4, 0.5) is 4.39 Å². The summed E-state index contributed by atoms with van der Waals surface area (Å²) in [5, 5.41) is 7.47. The highest BCUT2D eigenvalue weighted by Crippen LogP contribution is 2.21. The molecule has 8 heteroatoms. The summed E-state index contributed by atoms with van der Waals surface area (Å²) >= 11 is 6.32. The lowest BCUT2D eigenvalue weighted by molar-refractivity contribution is -0.150. The van der Waals surface area contributed by atoms with E-state index in [-0.39, 0.29) is 12.4 Å². The second kappa shape index (κ2) is 10.8. The van der Waals surface area contributed by atoms with Crippen LogP contribution in [0, 0.1) is 12.7 Å². The second-order valence-corrected chi connectivity index (χ2v) is 6.98. The van der Waals surface area contributed by atoms with Crippen molar-refractivity contribution in [3.8, 4) is 0 Å². The van der Waals surface area contributed by atoms with E-state index in [1.165, 1.54) is 25.1 Å². The van der Waals surface area contributed by atoms with Crippen LogP contribution in [-0.4, -0.2) is 27.8 Å². The Bertz CT molecular complexity index is 878. The number of nitrogens with zero attached hydrogens (tertiary/aromatic N) is 2. The molecule has 0 fully saturated rings. The van der Waals surface area contributed by atoms with E-state index in [1.807, 2.05) is 6.92 Å². The number of amides is 1. The zero-order valence-corrected chi connectivity index (χ0v) is 17.5. The van der Waals surface area contributed by atoms with E-state index in [4.69, 9.17) is 16.3 Å². The topological polar surface area (TPSA) is 73.2 Å².